The summed E-state index contributed by atoms with van der Waals surface area (Å²) in [6, 6.07) is 7.50. The van der Waals surface area contributed by atoms with E-state index < -0.39 is 0 Å². The summed E-state index contributed by atoms with van der Waals surface area (Å²) in [5.41, 5.74) is 7.32. The van der Waals surface area contributed by atoms with Gasteiger partial charge in [-0.25, -0.2) is 0 Å². The van der Waals surface area contributed by atoms with E-state index in [2.05, 4.69) is 5.32 Å². The molecule has 0 radical (unpaired) electrons. The number of hydrogen-bond acceptors (Lipinski definition) is 3. The molecule has 0 spiro atoms. The topological polar surface area (TPSA) is 64.3 Å². The van der Waals surface area contributed by atoms with Gasteiger partial charge in [0.1, 0.15) is 0 Å². The van der Waals surface area contributed by atoms with Gasteiger partial charge in [0.05, 0.1) is 13.0 Å². The van der Waals surface area contributed by atoms with Gasteiger partial charge < -0.3 is 15.8 Å². The highest BCUT2D eigenvalue weighted by atomic mass is 16.5. The Kier molecular flexibility index (Phi) is 5.53. The number of rotatable bonds is 6. The van der Waals surface area contributed by atoms with Gasteiger partial charge in [0.25, 0.3) is 0 Å². The molecule has 4 heteroatoms. The zero-order valence-electron chi connectivity index (χ0n) is 9.53. The van der Waals surface area contributed by atoms with Crippen molar-refractivity contribution in [1.29, 1.82) is 0 Å². The predicted octanol–water partition coefficient (Wildman–Crippen LogP) is 1.51. The molecule has 0 saturated carbocycles. The van der Waals surface area contributed by atoms with Crippen LogP contribution in [-0.4, -0.2) is 19.1 Å². The maximum absolute atomic E-state index is 11.4. The monoisotopic (exact) mass is 222 g/mol. The van der Waals surface area contributed by atoms with Crippen LogP contribution in [0.2, 0.25) is 0 Å². The number of nitrogens with two attached hydrogens (primary N) is 1. The Hall–Kier alpha value is -1.39. The van der Waals surface area contributed by atoms with E-state index in [9.17, 15) is 4.79 Å². The Morgan fingerprint density at radius 1 is 1.38 bits per heavy atom. The highest BCUT2D eigenvalue weighted by Gasteiger charge is 2.01. The fourth-order valence-corrected chi connectivity index (χ4v) is 1.26. The van der Waals surface area contributed by atoms with Gasteiger partial charge in [-0.3, -0.25) is 4.79 Å². The van der Waals surface area contributed by atoms with Crippen molar-refractivity contribution in [3.8, 4) is 0 Å². The van der Waals surface area contributed by atoms with E-state index in [-0.39, 0.29) is 5.91 Å². The van der Waals surface area contributed by atoms with Crippen molar-refractivity contribution in [3.05, 3.63) is 29.8 Å². The maximum atomic E-state index is 11.4. The van der Waals surface area contributed by atoms with Crippen LogP contribution in [0.4, 0.5) is 5.69 Å². The quantitative estimate of drug-likeness (QED) is 0.717. The van der Waals surface area contributed by atoms with Gasteiger partial charge >= 0.3 is 0 Å². The van der Waals surface area contributed by atoms with Crippen LogP contribution in [0, 0.1) is 0 Å². The second kappa shape index (κ2) is 6.98. The molecule has 16 heavy (non-hydrogen) atoms. The van der Waals surface area contributed by atoms with Crippen LogP contribution in [0.3, 0.4) is 0 Å². The lowest BCUT2D eigenvalue weighted by molar-refractivity contribution is -0.117. The molecule has 1 rings (SSSR count). The van der Waals surface area contributed by atoms with Crippen LogP contribution in [0.1, 0.15) is 18.9 Å². The molecule has 0 aliphatic heterocycles. The average molecular weight is 222 g/mol. The van der Waals surface area contributed by atoms with Crippen molar-refractivity contribution < 1.29 is 9.53 Å². The molecule has 4 nitrogen and oxygen atoms in total. The molecule has 0 aliphatic rings. The summed E-state index contributed by atoms with van der Waals surface area (Å²) in [4.78, 5) is 11.4. The number of anilines is 1. The van der Waals surface area contributed by atoms with Crippen LogP contribution in [0.25, 0.3) is 0 Å². The smallest absolute Gasteiger partial charge is 0.226 e. The summed E-state index contributed by atoms with van der Waals surface area (Å²) < 4.78 is 5.10. The van der Waals surface area contributed by atoms with Crippen LogP contribution in [-0.2, 0) is 16.1 Å². The largest absolute Gasteiger partial charge is 0.381 e. The number of benzene rings is 1. The first-order valence-corrected chi connectivity index (χ1v) is 5.43. The Morgan fingerprint density at radius 2 is 2.06 bits per heavy atom. The van der Waals surface area contributed by atoms with Gasteiger partial charge in [-0.2, -0.15) is 0 Å². The zero-order valence-corrected chi connectivity index (χ0v) is 9.53. The normalized spacial score (nSPS) is 10.1. The summed E-state index contributed by atoms with van der Waals surface area (Å²) in [7, 11) is 0. The van der Waals surface area contributed by atoms with E-state index in [1.165, 1.54) is 0 Å². The van der Waals surface area contributed by atoms with Crippen LogP contribution >= 0.6 is 0 Å². The van der Waals surface area contributed by atoms with Crippen LogP contribution in [0.5, 0.6) is 0 Å². The van der Waals surface area contributed by atoms with Gasteiger partial charge in [-0.1, -0.05) is 12.1 Å². The molecule has 0 bridgehead atoms. The van der Waals surface area contributed by atoms with Gasteiger partial charge in [0.2, 0.25) is 5.91 Å². The third kappa shape index (κ3) is 4.42. The minimum atomic E-state index is -0.0334. The van der Waals surface area contributed by atoms with Crippen molar-refractivity contribution in [3.63, 3.8) is 0 Å². The minimum Gasteiger partial charge on any atom is -0.381 e. The summed E-state index contributed by atoms with van der Waals surface area (Å²) in [5.74, 6) is -0.0334. The molecule has 1 aromatic carbocycles. The second-order valence-corrected chi connectivity index (χ2v) is 3.40. The lowest BCUT2D eigenvalue weighted by Gasteiger charge is -2.05. The van der Waals surface area contributed by atoms with Gasteiger partial charge in [0.15, 0.2) is 0 Å². The summed E-state index contributed by atoms with van der Waals surface area (Å²) >= 11 is 0. The lowest BCUT2D eigenvalue weighted by Crippen LogP contribution is -2.14. The van der Waals surface area contributed by atoms with Gasteiger partial charge in [-0.05, 0) is 24.6 Å². The van der Waals surface area contributed by atoms with Crippen molar-refractivity contribution in [2.45, 2.75) is 19.9 Å². The zero-order chi connectivity index (χ0) is 11.8. The number of carbonyl (C=O) groups excluding carboxylic acids is 1. The Labute approximate surface area is 95.8 Å². The van der Waals surface area contributed by atoms with E-state index >= 15 is 0 Å². The first-order chi connectivity index (χ1) is 7.76. The Balaban J connectivity index is 2.37. The Bertz CT molecular complexity index is 322. The van der Waals surface area contributed by atoms with Gasteiger partial charge in [-0.15, -0.1) is 0 Å². The molecular formula is C12H18N2O2. The molecule has 0 fully saturated rings. The fraction of sp³-hybridized carbons (Fsp3) is 0.417. The molecule has 0 aliphatic carbocycles. The van der Waals surface area contributed by atoms with E-state index in [0.29, 0.717) is 26.2 Å². The van der Waals surface area contributed by atoms with Crippen LogP contribution in [0.15, 0.2) is 24.3 Å². The maximum Gasteiger partial charge on any atom is 0.226 e. The average Bonchev–Trinajstić information content (AvgIpc) is 2.30. The van der Waals surface area contributed by atoms with Crippen molar-refractivity contribution in [1.82, 2.24) is 0 Å². The number of nitrogens with one attached hydrogen (secondary N) is 1. The molecule has 1 aromatic rings. The molecule has 88 valence electrons. The summed E-state index contributed by atoms with van der Waals surface area (Å²) in [5, 5.41) is 2.79. The van der Waals surface area contributed by atoms with E-state index in [1.54, 1.807) is 0 Å². The lowest BCUT2D eigenvalue weighted by atomic mass is 10.2. The number of ether oxygens (including phenoxy) is 1. The first-order valence-electron chi connectivity index (χ1n) is 5.43. The number of hydrogen-bond donors (Lipinski definition) is 2. The minimum absolute atomic E-state index is 0.0334. The second-order valence-electron chi connectivity index (χ2n) is 3.40. The summed E-state index contributed by atoms with van der Waals surface area (Å²) in [6.45, 7) is 3.52. The van der Waals surface area contributed by atoms with E-state index in [1.807, 2.05) is 31.2 Å². The van der Waals surface area contributed by atoms with Gasteiger partial charge in [0, 0.05) is 18.8 Å². The molecule has 0 atom stereocenters. The molecule has 0 heterocycles. The van der Waals surface area contributed by atoms with Crippen molar-refractivity contribution >= 4 is 11.6 Å². The number of carbonyl (C=O) groups is 1. The molecule has 0 aromatic heterocycles. The first kappa shape index (κ1) is 12.7. The molecule has 1 amide bonds. The number of amides is 1. The van der Waals surface area contributed by atoms with Crippen molar-refractivity contribution in [2.75, 3.05) is 18.5 Å². The van der Waals surface area contributed by atoms with Crippen molar-refractivity contribution in [2.24, 2.45) is 5.73 Å². The third-order valence-corrected chi connectivity index (χ3v) is 2.15. The molecule has 0 saturated heterocycles. The predicted molar refractivity (Wildman–Crippen MR) is 64.1 cm³/mol. The SMILES string of the molecule is CCOCCC(=O)Nc1ccc(CN)cc1. The Morgan fingerprint density at radius 3 is 2.62 bits per heavy atom. The molecule has 3 N–H and O–H groups in total. The van der Waals surface area contributed by atoms with E-state index in [4.69, 9.17) is 10.5 Å². The molecule has 0 unspecified atom stereocenters. The highest BCUT2D eigenvalue weighted by molar-refractivity contribution is 5.90. The standard InChI is InChI=1S/C12H18N2O2/c1-2-16-8-7-12(15)14-11-5-3-10(9-13)4-6-11/h3-6H,2,7-9,13H2,1H3,(H,14,15). The molecular weight excluding hydrogens is 204 g/mol. The van der Waals surface area contributed by atoms with Crippen LogP contribution < -0.4 is 11.1 Å². The third-order valence-electron chi connectivity index (χ3n) is 2.15. The summed E-state index contributed by atoms with van der Waals surface area (Å²) in [6.07, 6.45) is 0.381. The fourth-order valence-electron chi connectivity index (χ4n) is 1.26. The van der Waals surface area contributed by atoms with E-state index in [0.717, 1.165) is 11.3 Å². The highest BCUT2D eigenvalue weighted by Crippen LogP contribution is 2.09.